The Kier molecular flexibility index (Phi) is 4.85. The molecular formula is C16H11ClN2O3S. The van der Waals surface area contributed by atoms with Crippen molar-refractivity contribution in [1.29, 1.82) is 0 Å². The van der Waals surface area contributed by atoms with Gasteiger partial charge in [0.15, 0.2) is 6.61 Å². The van der Waals surface area contributed by atoms with Crippen molar-refractivity contribution >= 4 is 35.0 Å². The number of thiophene rings is 1. The number of aromatic nitrogens is 2. The highest BCUT2D eigenvalue weighted by atomic mass is 35.5. The molecule has 0 saturated heterocycles. The first-order chi connectivity index (χ1) is 11.2. The van der Waals surface area contributed by atoms with E-state index in [9.17, 15) is 4.79 Å². The van der Waals surface area contributed by atoms with Gasteiger partial charge in [-0.15, -0.1) is 0 Å². The minimum absolute atomic E-state index is 0.0736. The Morgan fingerprint density at radius 3 is 3.09 bits per heavy atom. The molecule has 2 aromatic heterocycles. The van der Waals surface area contributed by atoms with Crippen LogP contribution in [0.3, 0.4) is 0 Å². The first-order valence-electron chi connectivity index (χ1n) is 6.66. The van der Waals surface area contributed by atoms with E-state index >= 15 is 0 Å². The molecule has 116 valence electrons. The lowest BCUT2D eigenvalue weighted by Gasteiger charge is -1.97. The number of benzene rings is 1. The minimum Gasteiger partial charge on any atom is -0.452 e. The molecule has 5 nitrogen and oxygen atoms in total. The quantitative estimate of drug-likeness (QED) is 0.511. The molecule has 0 unspecified atom stereocenters. The number of carbonyl (C=O) groups excluding carboxylic acids is 1. The van der Waals surface area contributed by atoms with Crippen molar-refractivity contribution in [3.63, 3.8) is 0 Å². The zero-order valence-corrected chi connectivity index (χ0v) is 13.4. The third-order valence-corrected chi connectivity index (χ3v) is 3.76. The second kappa shape index (κ2) is 7.21. The highest BCUT2D eigenvalue weighted by Gasteiger charge is 2.10. The molecule has 0 spiro atoms. The summed E-state index contributed by atoms with van der Waals surface area (Å²) >= 11 is 7.41. The highest BCUT2D eigenvalue weighted by Crippen LogP contribution is 2.18. The van der Waals surface area contributed by atoms with Gasteiger partial charge in [-0.05, 0) is 35.2 Å². The summed E-state index contributed by atoms with van der Waals surface area (Å²) in [5.74, 6) is 0.225. The second-order valence-electron chi connectivity index (χ2n) is 4.52. The molecule has 0 amide bonds. The van der Waals surface area contributed by atoms with Gasteiger partial charge in [0.25, 0.3) is 5.89 Å². The highest BCUT2D eigenvalue weighted by molar-refractivity contribution is 7.08. The van der Waals surface area contributed by atoms with E-state index in [4.69, 9.17) is 20.9 Å². The molecule has 0 radical (unpaired) electrons. The van der Waals surface area contributed by atoms with E-state index in [1.807, 2.05) is 22.9 Å². The summed E-state index contributed by atoms with van der Waals surface area (Å²) in [7, 11) is 0. The van der Waals surface area contributed by atoms with Gasteiger partial charge in [-0.3, -0.25) is 0 Å². The molecule has 0 atom stereocenters. The van der Waals surface area contributed by atoms with E-state index in [2.05, 4.69) is 10.1 Å². The minimum atomic E-state index is -0.500. The van der Waals surface area contributed by atoms with E-state index in [0.717, 1.165) is 11.1 Å². The first kappa shape index (κ1) is 15.5. The Morgan fingerprint density at radius 2 is 2.30 bits per heavy atom. The number of ether oxygens (including phenoxy) is 1. The van der Waals surface area contributed by atoms with Gasteiger partial charge in [-0.25, -0.2) is 4.79 Å². The Morgan fingerprint density at radius 1 is 1.39 bits per heavy atom. The topological polar surface area (TPSA) is 65.2 Å². The molecule has 3 rings (SSSR count). The van der Waals surface area contributed by atoms with Crippen LogP contribution in [0.1, 0.15) is 11.5 Å². The average molecular weight is 347 g/mol. The number of esters is 1. The van der Waals surface area contributed by atoms with Crippen molar-refractivity contribution in [1.82, 2.24) is 10.1 Å². The van der Waals surface area contributed by atoms with Crippen molar-refractivity contribution in [3.8, 4) is 11.4 Å². The van der Waals surface area contributed by atoms with Gasteiger partial charge in [-0.2, -0.15) is 16.3 Å². The van der Waals surface area contributed by atoms with Gasteiger partial charge in [0.2, 0.25) is 5.82 Å². The summed E-state index contributed by atoms with van der Waals surface area (Å²) in [5, 5.41) is 8.27. The SMILES string of the molecule is O=C(/C=C/c1cccc(Cl)c1)OCc1nc(-c2ccsc2)no1. The molecule has 1 aromatic carbocycles. The van der Waals surface area contributed by atoms with Crippen molar-refractivity contribution in [2.75, 3.05) is 0 Å². The molecule has 0 saturated carbocycles. The molecule has 0 aliphatic rings. The summed E-state index contributed by atoms with van der Waals surface area (Å²) in [6.07, 6.45) is 2.95. The number of halogens is 1. The predicted molar refractivity (Wildman–Crippen MR) is 87.9 cm³/mol. The van der Waals surface area contributed by atoms with E-state index in [0.29, 0.717) is 10.8 Å². The van der Waals surface area contributed by atoms with Gasteiger partial charge in [0.1, 0.15) is 0 Å². The lowest BCUT2D eigenvalue weighted by atomic mass is 10.2. The zero-order chi connectivity index (χ0) is 16.1. The summed E-state index contributed by atoms with van der Waals surface area (Å²) in [6, 6.07) is 9.03. The maximum absolute atomic E-state index is 11.7. The van der Waals surface area contributed by atoms with Gasteiger partial charge >= 0.3 is 5.97 Å². The third kappa shape index (κ3) is 4.28. The fourth-order valence-corrected chi connectivity index (χ4v) is 2.61. The number of hydrogen-bond acceptors (Lipinski definition) is 6. The van der Waals surface area contributed by atoms with Crippen LogP contribution in [0.15, 0.2) is 51.7 Å². The van der Waals surface area contributed by atoms with Crippen molar-refractivity contribution in [2.24, 2.45) is 0 Å². The van der Waals surface area contributed by atoms with Gasteiger partial charge in [0, 0.05) is 22.0 Å². The Bertz CT molecular complexity index is 827. The van der Waals surface area contributed by atoms with Crippen molar-refractivity contribution in [2.45, 2.75) is 6.61 Å². The van der Waals surface area contributed by atoms with Crippen LogP contribution >= 0.6 is 22.9 Å². The number of hydrogen-bond donors (Lipinski definition) is 0. The lowest BCUT2D eigenvalue weighted by Crippen LogP contribution is -2.00. The first-order valence-corrected chi connectivity index (χ1v) is 7.98. The summed E-state index contributed by atoms with van der Waals surface area (Å²) in [6.45, 7) is -0.0736. The lowest BCUT2D eigenvalue weighted by molar-refractivity contribution is -0.139. The standard InChI is InChI=1S/C16H11ClN2O3S/c17-13-3-1-2-11(8-13)4-5-15(20)21-9-14-18-16(19-22-14)12-6-7-23-10-12/h1-8,10H,9H2/b5-4+. The molecular weight excluding hydrogens is 336 g/mol. The van der Waals surface area contributed by atoms with Crippen LogP contribution in [0.5, 0.6) is 0 Å². The molecule has 0 aliphatic heterocycles. The summed E-state index contributed by atoms with van der Waals surface area (Å²) in [5.41, 5.74) is 1.68. The van der Waals surface area contributed by atoms with Crippen LogP contribution < -0.4 is 0 Å². The molecule has 23 heavy (non-hydrogen) atoms. The summed E-state index contributed by atoms with van der Waals surface area (Å²) in [4.78, 5) is 15.8. The maximum Gasteiger partial charge on any atom is 0.331 e. The third-order valence-electron chi connectivity index (χ3n) is 2.85. The monoisotopic (exact) mass is 346 g/mol. The van der Waals surface area contributed by atoms with Crippen LogP contribution in [-0.2, 0) is 16.1 Å². The van der Waals surface area contributed by atoms with Crippen LogP contribution in [0, 0.1) is 0 Å². The fraction of sp³-hybridized carbons (Fsp3) is 0.0625. The van der Waals surface area contributed by atoms with E-state index in [1.54, 1.807) is 35.6 Å². The largest absolute Gasteiger partial charge is 0.452 e. The Hall–Kier alpha value is -2.44. The van der Waals surface area contributed by atoms with Crippen molar-refractivity contribution in [3.05, 3.63) is 63.6 Å². The van der Waals surface area contributed by atoms with Crippen LogP contribution in [0.2, 0.25) is 5.02 Å². The summed E-state index contributed by atoms with van der Waals surface area (Å²) < 4.78 is 10.1. The predicted octanol–water partition coefficient (Wildman–Crippen LogP) is 4.21. The van der Waals surface area contributed by atoms with Gasteiger partial charge < -0.3 is 9.26 Å². The van der Waals surface area contributed by atoms with Crippen LogP contribution in [0.25, 0.3) is 17.5 Å². The molecule has 0 fully saturated rings. The Balaban J connectivity index is 1.55. The Labute approximate surface area is 141 Å². The fourth-order valence-electron chi connectivity index (χ4n) is 1.78. The zero-order valence-electron chi connectivity index (χ0n) is 11.8. The normalized spacial score (nSPS) is 11.0. The molecule has 3 aromatic rings. The number of rotatable bonds is 5. The molecule has 7 heteroatoms. The molecule has 0 bridgehead atoms. The number of nitrogens with zero attached hydrogens (tertiary/aromatic N) is 2. The molecule has 2 heterocycles. The smallest absolute Gasteiger partial charge is 0.331 e. The average Bonchev–Trinajstić information content (AvgIpc) is 3.22. The van der Waals surface area contributed by atoms with E-state index in [-0.39, 0.29) is 12.5 Å². The molecule has 0 N–H and O–H groups in total. The number of carbonyl (C=O) groups is 1. The van der Waals surface area contributed by atoms with E-state index in [1.165, 1.54) is 6.08 Å². The molecule has 0 aliphatic carbocycles. The van der Waals surface area contributed by atoms with E-state index < -0.39 is 5.97 Å². The van der Waals surface area contributed by atoms with Gasteiger partial charge in [-0.1, -0.05) is 28.9 Å². The van der Waals surface area contributed by atoms with Crippen LogP contribution in [-0.4, -0.2) is 16.1 Å². The second-order valence-corrected chi connectivity index (χ2v) is 5.74. The van der Waals surface area contributed by atoms with Gasteiger partial charge in [0.05, 0.1) is 0 Å². The maximum atomic E-state index is 11.7. The van der Waals surface area contributed by atoms with Crippen molar-refractivity contribution < 1.29 is 14.1 Å². The van der Waals surface area contributed by atoms with Crippen LogP contribution in [0.4, 0.5) is 0 Å².